The van der Waals surface area contributed by atoms with Gasteiger partial charge in [-0.05, 0) is 68.0 Å². The van der Waals surface area contributed by atoms with Crippen molar-refractivity contribution in [3.63, 3.8) is 0 Å². The van der Waals surface area contributed by atoms with Crippen molar-refractivity contribution in [3.8, 4) is 0 Å². The summed E-state index contributed by atoms with van der Waals surface area (Å²) < 4.78 is 40.4. The minimum absolute atomic E-state index is 0.0121. The topological polar surface area (TPSA) is 210 Å². The lowest BCUT2D eigenvalue weighted by Gasteiger charge is -2.41. The Labute approximate surface area is 381 Å². The van der Waals surface area contributed by atoms with Crippen LogP contribution in [0.2, 0.25) is 0 Å². The Kier molecular flexibility index (Phi) is 20.7. The molecule has 1 aliphatic heterocycles. The maximum absolute atomic E-state index is 14.4. The number of nitrogens with zero attached hydrogens (tertiary/aromatic N) is 3. The zero-order chi connectivity index (χ0) is 48.1. The summed E-state index contributed by atoms with van der Waals surface area (Å²) in [5.74, 6) is -3.83. The van der Waals surface area contributed by atoms with Crippen LogP contribution in [0.5, 0.6) is 0 Å². The first-order valence-corrected chi connectivity index (χ1v) is 24.0. The predicted octanol–water partition coefficient (Wildman–Crippen LogP) is 3.59. The minimum Gasteiger partial charge on any atom is -0.399 e. The molecule has 2 aromatic carbocycles. The number of carbonyl (C=O) groups is 5. The van der Waals surface area contributed by atoms with Crippen LogP contribution in [0.1, 0.15) is 85.3 Å². The standard InChI is InChI=1S/C47H75N7O9S/c1-13-31(6)42(53(10)47(59)40(29(2)3)50-46(58)41(30(4)5)52(8)9)38(62-11)27-39(55)54-25-17-20-37(54)43(63-12)32(7)44(56)49-36(26-33-18-15-14-16-19-33)45(57)51-64(60,61)28-34-21-23-35(48)24-22-34/h14-16,18-19,21-24,29-32,36-38,40-43H,13,17,20,25-28,48H2,1-12H3,(H,49,56)(H,50,58)(H,51,57). The first-order valence-electron chi connectivity index (χ1n) is 22.4. The molecule has 3 rings (SSSR count). The maximum Gasteiger partial charge on any atom is 0.256 e. The highest BCUT2D eigenvalue weighted by Gasteiger charge is 2.43. The van der Waals surface area contributed by atoms with Gasteiger partial charge < -0.3 is 35.6 Å². The molecule has 0 radical (unpaired) electrons. The van der Waals surface area contributed by atoms with Crippen LogP contribution in [0.25, 0.3) is 0 Å². The Morgan fingerprint density at radius 2 is 1.45 bits per heavy atom. The van der Waals surface area contributed by atoms with E-state index in [1.165, 1.54) is 14.2 Å². The van der Waals surface area contributed by atoms with Gasteiger partial charge in [0.2, 0.25) is 33.7 Å². The molecule has 64 heavy (non-hydrogen) atoms. The van der Waals surface area contributed by atoms with Gasteiger partial charge in [0.15, 0.2) is 0 Å². The Bertz CT molecular complexity index is 1940. The average Bonchev–Trinajstić information content (AvgIpc) is 3.72. The van der Waals surface area contributed by atoms with E-state index in [9.17, 15) is 32.4 Å². The van der Waals surface area contributed by atoms with Gasteiger partial charge in [0.25, 0.3) is 5.91 Å². The molecule has 9 atom stereocenters. The summed E-state index contributed by atoms with van der Waals surface area (Å²) in [5, 5.41) is 5.81. The number of rotatable bonds is 24. The molecule has 1 saturated heterocycles. The Hall–Kier alpha value is -4.58. The zero-order valence-corrected chi connectivity index (χ0v) is 40.8. The molecule has 0 bridgehead atoms. The molecule has 5 amide bonds. The van der Waals surface area contributed by atoms with E-state index in [1.807, 2.05) is 66.6 Å². The highest BCUT2D eigenvalue weighted by molar-refractivity contribution is 7.89. The van der Waals surface area contributed by atoms with Gasteiger partial charge in [0.1, 0.15) is 12.1 Å². The van der Waals surface area contributed by atoms with Gasteiger partial charge in [-0.15, -0.1) is 0 Å². The normalized spacial score (nSPS) is 18.1. The fraction of sp³-hybridized carbons (Fsp3) is 0.638. The molecule has 16 nitrogen and oxygen atoms in total. The van der Waals surface area contributed by atoms with Crippen molar-refractivity contribution in [2.45, 2.75) is 129 Å². The molecule has 2 aromatic rings. The molecule has 1 aliphatic rings. The zero-order valence-electron chi connectivity index (χ0n) is 40.0. The summed E-state index contributed by atoms with van der Waals surface area (Å²) in [6.45, 7) is 13.8. The molecule has 5 N–H and O–H groups in total. The summed E-state index contributed by atoms with van der Waals surface area (Å²) in [4.78, 5) is 75.2. The van der Waals surface area contributed by atoms with E-state index in [0.717, 1.165) is 0 Å². The van der Waals surface area contributed by atoms with Crippen LogP contribution in [-0.4, -0.2) is 137 Å². The fourth-order valence-corrected chi connectivity index (χ4v) is 10.0. The second-order valence-electron chi connectivity index (χ2n) is 18.2. The highest BCUT2D eigenvalue weighted by atomic mass is 32.2. The number of nitrogens with two attached hydrogens (primary N) is 1. The summed E-state index contributed by atoms with van der Waals surface area (Å²) >= 11 is 0. The van der Waals surface area contributed by atoms with Crippen LogP contribution < -0.4 is 21.1 Å². The van der Waals surface area contributed by atoms with Crippen LogP contribution >= 0.6 is 0 Å². The lowest BCUT2D eigenvalue weighted by atomic mass is 9.89. The second-order valence-corrected chi connectivity index (χ2v) is 19.9. The first-order chi connectivity index (χ1) is 30.1. The Morgan fingerprint density at radius 1 is 0.828 bits per heavy atom. The third-order valence-corrected chi connectivity index (χ3v) is 13.7. The van der Waals surface area contributed by atoms with Crippen molar-refractivity contribution >= 4 is 45.2 Å². The van der Waals surface area contributed by atoms with E-state index < -0.39 is 75.9 Å². The van der Waals surface area contributed by atoms with Crippen molar-refractivity contribution in [1.82, 2.24) is 30.1 Å². The van der Waals surface area contributed by atoms with Crippen LogP contribution in [0.15, 0.2) is 54.6 Å². The monoisotopic (exact) mass is 914 g/mol. The van der Waals surface area contributed by atoms with Crippen LogP contribution in [0, 0.1) is 23.7 Å². The third kappa shape index (κ3) is 14.7. The van der Waals surface area contributed by atoms with Gasteiger partial charge in [0, 0.05) is 39.9 Å². The number of nitrogens with one attached hydrogen (secondary N) is 3. The SMILES string of the molecule is CCC(C)C(C(CC(=O)N1CCCC1C(OC)C(C)C(=O)NC(Cc1ccccc1)C(=O)NS(=O)(=O)Cc1ccc(N)cc1)OC)N(C)C(=O)C(NC(=O)C(C(C)C)N(C)C)C(C)C. The number of sulfonamides is 1. The number of hydrogen-bond acceptors (Lipinski definition) is 11. The smallest absolute Gasteiger partial charge is 0.256 e. The number of likely N-dealkylation sites (N-methyl/N-ethyl adjacent to an activating group) is 2. The van der Waals surface area contributed by atoms with Gasteiger partial charge in [-0.3, -0.25) is 33.6 Å². The van der Waals surface area contributed by atoms with E-state index in [1.54, 1.807) is 72.3 Å². The molecule has 358 valence electrons. The average molecular weight is 914 g/mol. The fourth-order valence-electron chi connectivity index (χ4n) is 8.87. The lowest BCUT2D eigenvalue weighted by Crippen LogP contribution is -2.59. The van der Waals surface area contributed by atoms with Crippen LogP contribution in [0.3, 0.4) is 0 Å². The lowest BCUT2D eigenvalue weighted by molar-refractivity contribution is -0.148. The van der Waals surface area contributed by atoms with E-state index in [-0.39, 0.29) is 48.3 Å². The summed E-state index contributed by atoms with van der Waals surface area (Å²) in [6.07, 6.45) is 0.346. The summed E-state index contributed by atoms with van der Waals surface area (Å²) in [7, 11) is 4.20. The van der Waals surface area contributed by atoms with Crippen molar-refractivity contribution in [2.24, 2.45) is 23.7 Å². The molecule has 17 heteroatoms. The van der Waals surface area contributed by atoms with Crippen molar-refractivity contribution in [3.05, 3.63) is 65.7 Å². The van der Waals surface area contributed by atoms with Gasteiger partial charge in [-0.2, -0.15) is 0 Å². The van der Waals surface area contributed by atoms with Crippen molar-refractivity contribution < 1.29 is 41.9 Å². The quantitative estimate of drug-likeness (QED) is 0.112. The van der Waals surface area contributed by atoms with Crippen LogP contribution in [0.4, 0.5) is 5.69 Å². The maximum atomic E-state index is 14.4. The second kappa shape index (κ2) is 24.6. The highest BCUT2D eigenvalue weighted by Crippen LogP contribution is 2.30. The number of anilines is 1. The molecule has 0 aromatic heterocycles. The van der Waals surface area contributed by atoms with Crippen LogP contribution in [-0.2, 0) is 55.6 Å². The van der Waals surface area contributed by atoms with E-state index in [4.69, 9.17) is 15.2 Å². The number of methoxy groups -OCH3 is 2. The number of hydrogen-bond donors (Lipinski definition) is 4. The molecule has 9 unspecified atom stereocenters. The van der Waals surface area contributed by atoms with E-state index >= 15 is 0 Å². The van der Waals surface area contributed by atoms with E-state index in [2.05, 4.69) is 15.4 Å². The molecule has 1 fully saturated rings. The molecule has 0 aliphatic carbocycles. The molecule has 0 saturated carbocycles. The van der Waals surface area contributed by atoms with E-state index in [0.29, 0.717) is 42.6 Å². The van der Waals surface area contributed by atoms with Crippen molar-refractivity contribution in [2.75, 3.05) is 47.6 Å². The predicted molar refractivity (Wildman–Crippen MR) is 249 cm³/mol. The third-order valence-electron chi connectivity index (χ3n) is 12.5. The van der Waals surface area contributed by atoms with Gasteiger partial charge >= 0.3 is 0 Å². The largest absolute Gasteiger partial charge is 0.399 e. The Morgan fingerprint density at radius 3 is 1.98 bits per heavy atom. The number of nitrogen functional groups attached to an aromatic ring is 1. The number of benzene rings is 2. The summed E-state index contributed by atoms with van der Waals surface area (Å²) in [5.41, 5.74) is 7.35. The van der Waals surface area contributed by atoms with Gasteiger partial charge in [-0.25, -0.2) is 8.42 Å². The number of carbonyl (C=O) groups excluding carboxylic acids is 5. The van der Waals surface area contributed by atoms with Gasteiger partial charge in [0.05, 0.1) is 48.4 Å². The van der Waals surface area contributed by atoms with Crippen molar-refractivity contribution in [1.29, 1.82) is 0 Å². The number of likely N-dealkylation sites (tertiary alicyclic amines) is 1. The molecule has 0 spiro atoms. The Balaban J connectivity index is 1.82. The molecular formula is C47H75N7O9S. The number of amides is 5. The molecular weight excluding hydrogens is 839 g/mol. The molecule has 1 heterocycles. The first kappa shape index (κ1) is 53.8. The summed E-state index contributed by atoms with van der Waals surface area (Å²) in [6, 6.07) is 11.7. The number of ether oxygens (including phenoxy) is 2. The minimum atomic E-state index is -4.16. The van der Waals surface area contributed by atoms with Gasteiger partial charge in [-0.1, -0.05) is 97.4 Å².